The Hall–Kier alpha value is -3.44. The zero-order valence-corrected chi connectivity index (χ0v) is 18.4. The third kappa shape index (κ3) is 5.06. The van der Waals surface area contributed by atoms with Crippen LogP contribution in [0, 0.1) is 0 Å². The molecule has 0 aromatic heterocycles. The Balaban J connectivity index is 1.62. The largest absolute Gasteiger partial charge is 0.359 e. The van der Waals surface area contributed by atoms with Crippen LogP contribution in [0.3, 0.4) is 0 Å². The summed E-state index contributed by atoms with van der Waals surface area (Å²) < 4.78 is 0. The zero-order chi connectivity index (χ0) is 22.3. The molecule has 1 fully saturated rings. The van der Waals surface area contributed by atoms with Gasteiger partial charge in [0.2, 0.25) is 11.8 Å². The van der Waals surface area contributed by atoms with E-state index in [9.17, 15) is 9.59 Å². The molecule has 4 rings (SSSR count). The number of piperazine rings is 1. The molecule has 164 valence electrons. The maximum atomic E-state index is 13.3. The lowest BCUT2D eigenvalue weighted by Crippen LogP contribution is -2.57. The summed E-state index contributed by atoms with van der Waals surface area (Å²) in [6, 6.07) is 28.7. The van der Waals surface area contributed by atoms with Gasteiger partial charge in [0.25, 0.3) is 0 Å². The first-order valence-corrected chi connectivity index (χ1v) is 11.1. The van der Waals surface area contributed by atoms with Crippen molar-refractivity contribution in [2.45, 2.75) is 18.9 Å². The van der Waals surface area contributed by atoms with Gasteiger partial charge in [-0.25, -0.2) is 0 Å². The summed E-state index contributed by atoms with van der Waals surface area (Å²) in [5.41, 5.74) is 4.32. The van der Waals surface area contributed by atoms with Gasteiger partial charge in [-0.3, -0.25) is 14.5 Å². The van der Waals surface area contributed by atoms with Crippen LogP contribution in [0.2, 0.25) is 0 Å². The number of rotatable bonds is 7. The lowest BCUT2D eigenvalue weighted by Gasteiger charge is -2.41. The molecule has 1 N–H and O–H groups in total. The third-order valence-corrected chi connectivity index (χ3v) is 6.05. The van der Waals surface area contributed by atoms with Crippen molar-refractivity contribution in [1.29, 1.82) is 0 Å². The van der Waals surface area contributed by atoms with E-state index in [2.05, 4.69) is 40.5 Å². The molecule has 1 aliphatic heterocycles. The van der Waals surface area contributed by atoms with Crippen LogP contribution in [-0.2, 0) is 16.0 Å². The fourth-order valence-corrected chi connectivity index (χ4v) is 4.33. The second kappa shape index (κ2) is 10.2. The minimum atomic E-state index is -0.00670. The highest BCUT2D eigenvalue weighted by atomic mass is 16.2. The Bertz CT molecular complexity index is 1050. The minimum absolute atomic E-state index is 0.00670. The van der Waals surface area contributed by atoms with Crippen LogP contribution in [-0.4, -0.2) is 49.4 Å². The summed E-state index contributed by atoms with van der Waals surface area (Å²) >= 11 is 0. The molecular weight excluding hydrogens is 398 g/mol. The predicted octanol–water partition coefficient (Wildman–Crippen LogP) is 3.75. The van der Waals surface area contributed by atoms with E-state index >= 15 is 0 Å². The average Bonchev–Trinajstić information content (AvgIpc) is 2.85. The second-order valence-electron chi connectivity index (χ2n) is 8.12. The summed E-state index contributed by atoms with van der Waals surface area (Å²) in [6.45, 7) is 1.46. The summed E-state index contributed by atoms with van der Waals surface area (Å²) in [5, 5.41) is 2.68. The molecule has 3 aromatic carbocycles. The van der Waals surface area contributed by atoms with Crippen molar-refractivity contribution < 1.29 is 9.59 Å². The van der Waals surface area contributed by atoms with Crippen LogP contribution in [0.25, 0.3) is 11.1 Å². The van der Waals surface area contributed by atoms with Crippen molar-refractivity contribution >= 4 is 17.5 Å². The maximum absolute atomic E-state index is 13.3. The zero-order valence-electron chi connectivity index (χ0n) is 18.4. The van der Waals surface area contributed by atoms with E-state index in [1.807, 2.05) is 59.5 Å². The molecule has 0 spiro atoms. The van der Waals surface area contributed by atoms with Crippen LogP contribution < -0.4 is 10.2 Å². The average molecular weight is 428 g/mol. The van der Waals surface area contributed by atoms with Crippen LogP contribution in [0.5, 0.6) is 0 Å². The number of carbonyl (C=O) groups is 2. The first-order valence-electron chi connectivity index (χ1n) is 11.1. The molecular formula is C27H29N3O2. The predicted molar refractivity (Wildman–Crippen MR) is 128 cm³/mol. The molecule has 32 heavy (non-hydrogen) atoms. The molecule has 1 heterocycles. The van der Waals surface area contributed by atoms with E-state index in [0.29, 0.717) is 26.1 Å². The van der Waals surface area contributed by atoms with Crippen molar-refractivity contribution in [3.05, 3.63) is 90.5 Å². The number of carbonyl (C=O) groups excluding carboxylic acids is 2. The van der Waals surface area contributed by atoms with E-state index in [0.717, 1.165) is 23.2 Å². The van der Waals surface area contributed by atoms with Gasteiger partial charge < -0.3 is 10.2 Å². The Kier molecular flexibility index (Phi) is 6.97. The first-order chi connectivity index (χ1) is 15.7. The lowest BCUT2D eigenvalue weighted by atomic mass is 9.98. The molecule has 1 atom stereocenters. The summed E-state index contributed by atoms with van der Waals surface area (Å²) in [7, 11) is 1.65. The van der Waals surface area contributed by atoms with Crippen molar-refractivity contribution in [3.63, 3.8) is 0 Å². The van der Waals surface area contributed by atoms with Gasteiger partial charge in [-0.05, 0) is 23.6 Å². The lowest BCUT2D eigenvalue weighted by molar-refractivity contribution is -0.125. The molecule has 1 unspecified atom stereocenters. The number of amides is 2. The van der Waals surface area contributed by atoms with E-state index in [-0.39, 0.29) is 17.9 Å². The molecule has 1 aliphatic rings. The van der Waals surface area contributed by atoms with E-state index in [4.69, 9.17) is 0 Å². The van der Waals surface area contributed by atoms with E-state index in [1.54, 1.807) is 7.05 Å². The highest BCUT2D eigenvalue weighted by Gasteiger charge is 2.33. The molecule has 5 heteroatoms. The Labute approximate surface area is 189 Å². The van der Waals surface area contributed by atoms with Gasteiger partial charge in [-0.1, -0.05) is 78.9 Å². The van der Waals surface area contributed by atoms with Crippen LogP contribution in [0.1, 0.15) is 12.0 Å². The second-order valence-corrected chi connectivity index (χ2v) is 8.12. The number of para-hydroxylation sites is 1. The number of hydrogen-bond donors (Lipinski definition) is 1. The molecule has 0 saturated carbocycles. The van der Waals surface area contributed by atoms with Gasteiger partial charge in [-0.2, -0.15) is 0 Å². The molecule has 0 aliphatic carbocycles. The van der Waals surface area contributed by atoms with Crippen LogP contribution in [0.15, 0.2) is 84.9 Å². The number of hydrogen-bond acceptors (Lipinski definition) is 3. The van der Waals surface area contributed by atoms with Crippen LogP contribution in [0.4, 0.5) is 5.69 Å². The molecule has 3 aromatic rings. The Morgan fingerprint density at radius 3 is 2.31 bits per heavy atom. The minimum Gasteiger partial charge on any atom is -0.359 e. The fraction of sp³-hybridized carbons (Fsp3) is 0.259. The standard InChI is InChI=1S/C27H29N3O2/c1-28-26(31)16-17-29-20-27(32)30(19-23(29)18-21-10-4-2-5-11-21)25-15-9-8-14-24(25)22-12-6-3-7-13-22/h2-15,23H,16-20H2,1H3,(H,28,31). The highest BCUT2D eigenvalue weighted by molar-refractivity contribution is 5.99. The van der Waals surface area contributed by atoms with E-state index < -0.39 is 0 Å². The SMILES string of the molecule is CNC(=O)CCN1CC(=O)N(c2ccccc2-c2ccccc2)CC1Cc1ccccc1. The van der Waals surface area contributed by atoms with Crippen LogP contribution >= 0.6 is 0 Å². The van der Waals surface area contributed by atoms with Crippen molar-refractivity contribution in [2.24, 2.45) is 0 Å². The van der Waals surface area contributed by atoms with Gasteiger partial charge in [0.15, 0.2) is 0 Å². The summed E-state index contributed by atoms with van der Waals surface area (Å²) in [5.74, 6) is 0.0577. The Morgan fingerprint density at radius 1 is 0.938 bits per heavy atom. The molecule has 2 amide bonds. The van der Waals surface area contributed by atoms with Crippen molar-refractivity contribution in [1.82, 2.24) is 10.2 Å². The summed E-state index contributed by atoms with van der Waals surface area (Å²) in [6.07, 6.45) is 1.21. The van der Waals surface area contributed by atoms with Gasteiger partial charge in [0.1, 0.15) is 0 Å². The number of anilines is 1. The fourth-order valence-electron chi connectivity index (χ4n) is 4.33. The van der Waals surface area contributed by atoms with Crippen molar-refractivity contribution in [3.8, 4) is 11.1 Å². The first kappa shape index (κ1) is 21.8. The normalized spacial score (nSPS) is 16.7. The maximum Gasteiger partial charge on any atom is 0.241 e. The van der Waals surface area contributed by atoms with Gasteiger partial charge in [0.05, 0.1) is 12.2 Å². The monoisotopic (exact) mass is 427 g/mol. The third-order valence-electron chi connectivity index (χ3n) is 6.05. The van der Waals surface area contributed by atoms with Gasteiger partial charge in [0, 0.05) is 38.2 Å². The topological polar surface area (TPSA) is 52.7 Å². The number of nitrogens with zero attached hydrogens (tertiary/aromatic N) is 2. The quantitative estimate of drug-likeness (QED) is 0.625. The highest BCUT2D eigenvalue weighted by Crippen LogP contribution is 2.32. The molecule has 5 nitrogen and oxygen atoms in total. The smallest absolute Gasteiger partial charge is 0.241 e. The van der Waals surface area contributed by atoms with Gasteiger partial charge >= 0.3 is 0 Å². The van der Waals surface area contributed by atoms with E-state index in [1.165, 1.54) is 5.56 Å². The van der Waals surface area contributed by atoms with Crippen molar-refractivity contribution in [2.75, 3.05) is 31.6 Å². The number of nitrogens with one attached hydrogen (secondary N) is 1. The Morgan fingerprint density at radius 2 is 1.59 bits per heavy atom. The summed E-state index contributed by atoms with van der Waals surface area (Å²) in [4.78, 5) is 29.2. The molecule has 0 bridgehead atoms. The van der Waals surface area contributed by atoms with Gasteiger partial charge in [-0.15, -0.1) is 0 Å². The molecule has 0 radical (unpaired) electrons. The number of benzene rings is 3. The molecule has 1 saturated heterocycles.